The third-order valence-electron chi connectivity index (χ3n) is 1.30. The Hall–Kier alpha value is -0.240. The molecule has 0 saturated heterocycles. The molecular weight excluding hydrogens is 333 g/mol. The molecule has 7 heteroatoms. The SMILES string of the molecule is Cc1cc(OC(F)(F)F)nc(I)c1Cl. The smallest absolute Gasteiger partial charge is 0.388 e. The van der Waals surface area contributed by atoms with Crippen molar-refractivity contribution in [2.24, 2.45) is 0 Å². The molecule has 0 aliphatic carbocycles. The Balaban J connectivity index is 3.02. The number of rotatable bonds is 1. The second kappa shape index (κ2) is 4.09. The molecule has 0 atom stereocenters. The summed E-state index contributed by atoms with van der Waals surface area (Å²) in [4.78, 5) is 3.53. The number of nitrogens with zero attached hydrogens (tertiary/aromatic N) is 1. The van der Waals surface area contributed by atoms with E-state index in [0.717, 1.165) is 6.07 Å². The number of halogens is 5. The van der Waals surface area contributed by atoms with Crippen LogP contribution in [0.5, 0.6) is 5.88 Å². The molecule has 0 aliphatic heterocycles. The molecule has 0 N–H and O–H groups in total. The Morgan fingerprint density at radius 1 is 1.50 bits per heavy atom. The summed E-state index contributed by atoms with van der Waals surface area (Å²) in [6, 6.07) is 1.14. The molecular formula is C7H4ClF3INO. The van der Waals surface area contributed by atoms with Gasteiger partial charge in [-0.2, -0.15) is 0 Å². The number of aromatic nitrogens is 1. The van der Waals surface area contributed by atoms with Crippen LogP contribution in [0.4, 0.5) is 13.2 Å². The fraction of sp³-hybridized carbons (Fsp3) is 0.286. The molecule has 0 fully saturated rings. The van der Waals surface area contributed by atoms with Crippen molar-refractivity contribution in [1.82, 2.24) is 4.98 Å². The number of pyridine rings is 1. The molecule has 0 spiro atoms. The molecule has 78 valence electrons. The van der Waals surface area contributed by atoms with Crippen LogP contribution in [0, 0.1) is 10.6 Å². The minimum absolute atomic E-state index is 0.281. The van der Waals surface area contributed by atoms with E-state index in [-0.39, 0.29) is 3.70 Å². The van der Waals surface area contributed by atoms with Crippen LogP contribution in [0.25, 0.3) is 0 Å². The van der Waals surface area contributed by atoms with Crippen LogP contribution in [0.1, 0.15) is 5.56 Å². The summed E-state index contributed by atoms with van der Waals surface area (Å²) in [5.74, 6) is -0.496. The number of hydrogen-bond donors (Lipinski definition) is 0. The molecule has 1 aromatic heterocycles. The monoisotopic (exact) mass is 337 g/mol. The second-order valence-corrected chi connectivity index (χ2v) is 3.83. The lowest BCUT2D eigenvalue weighted by Crippen LogP contribution is -2.18. The zero-order chi connectivity index (χ0) is 10.9. The first-order valence-corrected chi connectivity index (χ1v) is 4.83. The number of ether oxygens (including phenoxy) is 1. The molecule has 0 aliphatic rings. The van der Waals surface area contributed by atoms with Crippen molar-refractivity contribution in [3.05, 3.63) is 20.4 Å². The Morgan fingerprint density at radius 2 is 2.07 bits per heavy atom. The zero-order valence-corrected chi connectivity index (χ0v) is 9.74. The quantitative estimate of drug-likeness (QED) is 0.577. The van der Waals surface area contributed by atoms with Gasteiger partial charge in [-0.15, -0.1) is 13.2 Å². The maximum absolute atomic E-state index is 11.8. The van der Waals surface area contributed by atoms with Gasteiger partial charge in [-0.3, -0.25) is 0 Å². The van der Waals surface area contributed by atoms with Crippen LogP contribution in [0.15, 0.2) is 6.07 Å². The minimum atomic E-state index is -4.73. The van der Waals surface area contributed by atoms with Crippen molar-refractivity contribution in [1.29, 1.82) is 0 Å². The van der Waals surface area contributed by atoms with Crippen LogP contribution < -0.4 is 4.74 Å². The summed E-state index contributed by atoms with van der Waals surface area (Å²) in [5.41, 5.74) is 0.491. The average molecular weight is 337 g/mol. The van der Waals surface area contributed by atoms with Crippen molar-refractivity contribution in [3.63, 3.8) is 0 Å². The first kappa shape index (κ1) is 11.8. The Morgan fingerprint density at radius 3 is 2.50 bits per heavy atom. The molecule has 1 aromatic rings. The molecule has 0 saturated carbocycles. The summed E-state index contributed by atoms with van der Waals surface area (Å²) >= 11 is 7.45. The Labute approximate surface area is 96.6 Å². The lowest BCUT2D eigenvalue weighted by Gasteiger charge is -2.09. The second-order valence-electron chi connectivity index (χ2n) is 2.43. The lowest BCUT2D eigenvalue weighted by molar-refractivity contribution is -0.276. The van der Waals surface area contributed by atoms with Gasteiger partial charge >= 0.3 is 6.36 Å². The summed E-state index contributed by atoms with van der Waals surface area (Å²) in [6.45, 7) is 1.58. The van der Waals surface area contributed by atoms with Gasteiger partial charge in [-0.05, 0) is 35.1 Å². The highest BCUT2D eigenvalue weighted by atomic mass is 127. The normalized spacial score (nSPS) is 11.6. The topological polar surface area (TPSA) is 22.1 Å². The van der Waals surface area contributed by atoms with Crippen molar-refractivity contribution < 1.29 is 17.9 Å². The summed E-state index contributed by atoms with van der Waals surface area (Å²) in [7, 11) is 0. The van der Waals surface area contributed by atoms with Gasteiger partial charge in [-0.25, -0.2) is 4.98 Å². The van der Waals surface area contributed by atoms with Crippen LogP contribution in [0.3, 0.4) is 0 Å². The highest BCUT2D eigenvalue weighted by Crippen LogP contribution is 2.27. The number of alkyl halides is 3. The highest BCUT2D eigenvalue weighted by Gasteiger charge is 2.32. The largest absolute Gasteiger partial charge is 0.574 e. The zero-order valence-electron chi connectivity index (χ0n) is 6.82. The van der Waals surface area contributed by atoms with E-state index in [9.17, 15) is 13.2 Å². The van der Waals surface area contributed by atoms with Crippen LogP contribution in [0.2, 0.25) is 5.02 Å². The van der Waals surface area contributed by atoms with Gasteiger partial charge in [0, 0.05) is 6.07 Å². The molecule has 0 radical (unpaired) electrons. The van der Waals surface area contributed by atoms with E-state index in [1.54, 1.807) is 29.5 Å². The van der Waals surface area contributed by atoms with E-state index in [1.165, 1.54) is 0 Å². The van der Waals surface area contributed by atoms with Gasteiger partial charge < -0.3 is 4.74 Å². The van der Waals surface area contributed by atoms with Crippen molar-refractivity contribution >= 4 is 34.2 Å². The van der Waals surface area contributed by atoms with Gasteiger partial charge in [0.15, 0.2) is 0 Å². The van der Waals surface area contributed by atoms with Crippen molar-refractivity contribution in [2.45, 2.75) is 13.3 Å². The first-order valence-electron chi connectivity index (χ1n) is 3.38. The van der Waals surface area contributed by atoms with E-state index >= 15 is 0 Å². The Bertz CT molecular complexity index is 332. The third-order valence-corrected chi connectivity index (χ3v) is 2.87. The minimum Gasteiger partial charge on any atom is -0.388 e. The van der Waals surface area contributed by atoms with Gasteiger partial charge in [0.05, 0.1) is 5.02 Å². The Kier molecular flexibility index (Phi) is 3.46. The van der Waals surface area contributed by atoms with Crippen molar-refractivity contribution in [3.8, 4) is 5.88 Å². The first-order chi connectivity index (χ1) is 6.29. The predicted octanol–water partition coefficient (Wildman–Crippen LogP) is 3.55. The third kappa shape index (κ3) is 3.16. The van der Waals surface area contributed by atoms with E-state index < -0.39 is 12.2 Å². The van der Waals surface area contributed by atoms with Gasteiger partial charge in [0.2, 0.25) is 5.88 Å². The van der Waals surface area contributed by atoms with E-state index in [4.69, 9.17) is 11.6 Å². The summed E-state index contributed by atoms with van der Waals surface area (Å²) in [5, 5.41) is 0.333. The fourth-order valence-corrected chi connectivity index (χ4v) is 1.52. The molecule has 1 rings (SSSR count). The van der Waals surface area contributed by atoms with Crippen LogP contribution >= 0.6 is 34.2 Å². The van der Waals surface area contributed by atoms with Gasteiger partial charge in [0.25, 0.3) is 0 Å². The molecule has 0 unspecified atom stereocenters. The van der Waals surface area contributed by atoms with Gasteiger partial charge in [0.1, 0.15) is 3.70 Å². The fourth-order valence-electron chi connectivity index (χ4n) is 0.760. The van der Waals surface area contributed by atoms with Crippen LogP contribution in [-0.4, -0.2) is 11.3 Å². The van der Waals surface area contributed by atoms with Crippen LogP contribution in [-0.2, 0) is 0 Å². The molecule has 0 amide bonds. The molecule has 14 heavy (non-hydrogen) atoms. The lowest BCUT2D eigenvalue weighted by atomic mass is 10.3. The van der Waals surface area contributed by atoms with Crippen molar-refractivity contribution in [2.75, 3.05) is 0 Å². The molecule has 2 nitrogen and oxygen atoms in total. The van der Waals surface area contributed by atoms with E-state index in [0.29, 0.717) is 10.6 Å². The standard InChI is InChI=1S/C7H4ClF3INO/c1-3-2-4(14-7(9,10)11)13-6(12)5(3)8/h2H,1H3. The molecule has 0 bridgehead atoms. The average Bonchev–Trinajstić information content (AvgIpc) is 1.96. The summed E-state index contributed by atoms with van der Waals surface area (Å²) < 4.78 is 39.3. The molecule has 0 aromatic carbocycles. The van der Waals surface area contributed by atoms with E-state index in [1.807, 2.05) is 0 Å². The number of aryl methyl sites for hydroxylation is 1. The van der Waals surface area contributed by atoms with Gasteiger partial charge in [-0.1, -0.05) is 11.6 Å². The number of hydrogen-bond acceptors (Lipinski definition) is 2. The maximum atomic E-state index is 11.8. The summed E-state index contributed by atoms with van der Waals surface area (Å²) in [6.07, 6.45) is -4.73. The predicted molar refractivity (Wildman–Crippen MR) is 53.4 cm³/mol. The molecule has 1 heterocycles. The maximum Gasteiger partial charge on any atom is 0.574 e. The van der Waals surface area contributed by atoms with E-state index in [2.05, 4.69) is 9.72 Å². The highest BCUT2D eigenvalue weighted by molar-refractivity contribution is 14.1.